The summed E-state index contributed by atoms with van der Waals surface area (Å²) in [5.41, 5.74) is 2.39. The van der Waals surface area contributed by atoms with Gasteiger partial charge < -0.3 is 10.2 Å². The third kappa shape index (κ3) is 4.95. The highest BCUT2D eigenvalue weighted by Crippen LogP contribution is 2.30. The van der Waals surface area contributed by atoms with Gasteiger partial charge in [0, 0.05) is 42.1 Å². The Balaban J connectivity index is 2.09. The minimum absolute atomic E-state index is 0.114. The highest BCUT2D eigenvalue weighted by Gasteiger charge is 2.31. The van der Waals surface area contributed by atoms with Gasteiger partial charge in [0.15, 0.2) is 0 Å². The van der Waals surface area contributed by atoms with Gasteiger partial charge in [0.1, 0.15) is 0 Å². The molecule has 4 nitrogen and oxygen atoms in total. The number of rotatable bonds is 6. The van der Waals surface area contributed by atoms with Crippen LogP contribution >= 0.6 is 0 Å². The molecule has 1 saturated carbocycles. The lowest BCUT2D eigenvalue weighted by Gasteiger charge is -2.25. The Labute approximate surface area is 129 Å². The van der Waals surface area contributed by atoms with Gasteiger partial charge in [-0.25, -0.2) is 9.97 Å². The Morgan fingerprint density at radius 3 is 2.48 bits per heavy atom. The van der Waals surface area contributed by atoms with Gasteiger partial charge in [-0.3, -0.25) is 0 Å². The average molecular weight is 290 g/mol. The summed E-state index contributed by atoms with van der Waals surface area (Å²) >= 11 is 0. The van der Waals surface area contributed by atoms with E-state index in [2.05, 4.69) is 56.7 Å². The molecule has 0 unspecified atom stereocenters. The molecule has 1 aromatic heterocycles. The molecule has 0 radical (unpaired) electrons. The van der Waals surface area contributed by atoms with Crippen LogP contribution in [0.1, 0.15) is 58.7 Å². The molecular weight excluding hydrogens is 260 g/mol. The van der Waals surface area contributed by atoms with Crippen molar-refractivity contribution in [2.24, 2.45) is 5.92 Å². The van der Waals surface area contributed by atoms with Crippen molar-refractivity contribution < 1.29 is 0 Å². The van der Waals surface area contributed by atoms with Crippen molar-refractivity contribution in [2.45, 2.75) is 72.5 Å². The van der Waals surface area contributed by atoms with E-state index in [0.717, 1.165) is 24.7 Å². The fraction of sp³-hybridized carbons (Fsp3) is 0.765. The van der Waals surface area contributed by atoms with E-state index in [0.29, 0.717) is 12.0 Å². The molecule has 1 aliphatic carbocycles. The van der Waals surface area contributed by atoms with Crippen LogP contribution in [0, 0.1) is 12.8 Å². The van der Waals surface area contributed by atoms with Crippen LogP contribution in [0.4, 0.5) is 5.95 Å². The third-order valence-corrected chi connectivity index (χ3v) is 3.68. The van der Waals surface area contributed by atoms with Gasteiger partial charge in [-0.05, 0) is 46.5 Å². The molecule has 0 amide bonds. The van der Waals surface area contributed by atoms with E-state index in [1.165, 1.54) is 18.4 Å². The summed E-state index contributed by atoms with van der Waals surface area (Å²) in [4.78, 5) is 11.8. The van der Waals surface area contributed by atoms with Crippen LogP contribution in [0.15, 0.2) is 6.20 Å². The first-order chi connectivity index (χ1) is 9.76. The molecule has 0 saturated heterocycles. The van der Waals surface area contributed by atoms with Gasteiger partial charge in [-0.1, -0.05) is 13.8 Å². The first-order valence-corrected chi connectivity index (χ1v) is 8.10. The fourth-order valence-electron chi connectivity index (χ4n) is 2.33. The van der Waals surface area contributed by atoms with Gasteiger partial charge in [0.05, 0.1) is 0 Å². The van der Waals surface area contributed by atoms with Crippen molar-refractivity contribution >= 4 is 5.95 Å². The zero-order chi connectivity index (χ0) is 15.6. The summed E-state index contributed by atoms with van der Waals surface area (Å²) < 4.78 is 0. The Hall–Kier alpha value is -1.16. The highest BCUT2D eigenvalue weighted by molar-refractivity contribution is 5.36. The van der Waals surface area contributed by atoms with Crippen molar-refractivity contribution in [3.8, 4) is 0 Å². The molecule has 0 atom stereocenters. The maximum Gasteiger partial charge on any atom is 0.225 e. The lowest BCUT2D eigenvalue weighted by atomic mass is 10.1. The first kappa shape index (κ1) is 16.2. The molecular formula is C17H30N4. The molecule has 2 rings (SSSR count). The van der Waals surface area contributed by atoms with Crippen LogP contribution in [-0.4, -0.2) is 28.1 Å². The Kier molecular flexibility index (Phi) is 4.87. The van der Waals surface area contributed by atoms with Crippen LogP contribution in [-0.2, 0) is 6.54 Å². The number of hydrogen-bond acceptors (Lipinski definition) is 4. The molecule has 4 heteroatoms. The number of aromatic nitrogens is 2. The molecule has 118 valence electrons. The number of nitrogens with one attached hydrogen (secondary N) is 1. The fourth-order valence-corrected chi connectivity index (χ4v) is 2.33. The summed E-state index contributed by atoms with van der Waals surface area (Å²) in [6.07, 6.45) is 4.55. The number of aryl methyl sites for hydroxylation is 1. The predicted octanol–water partition coefficient (Wildman–Crippen LogP) is 3.30. The van der Waals surface area contributed by atoms with Crippen molar-refractivity contribution in [3.05, 3.63) is 17.5 Å². The summed E-state index contributed by atoms with van der Waals surface area (Å²) in [7, 11) is 0. The maximum atomic E-state index is 4.76. The molecule has 0 aliphatic heterocycles. The second kappa shape index (κ2) is 6.30. The monoisotopic (exact) mass is 290 g/mol. The largest absolute Gasteiger partial charge is 0.338 e. The Bertz CT molecular complexity index is 472. The van der Waals surface area contributed by atoms with Crippen molar-refractivity contribution in [3.63, 3.8) is 0 Å². The second-order valence-electron chi connectivity index (χ2n) is 7.66. The molecule has 1 aromatic rings. The Morgan fingerprint density at radius 2 is 2.00 bits per heavy atom. The van der Waals surface area contributed by atoms with Crippen LogP contribution in [0.5, 0.6) is 0 Å². The first-order valence-electron chi connectivity index (χ1n) is 8.10. The second-order valence-corrected chi connectivity index (χ2v) is 7.66. The molecule has 1 N–H and O–H groups in total. The molecule has 1 aliphatic rings. The summed E-state index contributed by atoms with van der Waals surface area (Å²) in [6, 6.07) is 0.658. The van der Waals surface area contributed by atoms with Crippen LogP contribution in [0.3, 0.4) is 0 Å². The van der Waals surface area contributed by atoms with Crippen molar-refractivity contribution in [1.29, 1.82) is 0 Å². The summed E-state index contributed by atoms with van der Waals surface area (Å²) in [6.45, 7) is 15.0. The molecule has 0 aromatic carbocycles. The molecule has 1 heterocycles. The Morgan fingerprint density at radius 1 is 1.33 bits per heavy atom. The number of nitrogens with zero attached hydrogens (tertiary/aromatic N) is 3. The molecule has 1 fully saturated rings. The molecule has 0 bridgehead atoms. The standard InChI is InChI=1S/C17H30N4/c1-12(2)11-21(15-7-8-15)16-18-9-14(13(3)20-16)10-19-17(4,5)6/h9,12,15,19H,7-8,10-11H2,1-6H3. The zero-order valence-corrected chi connectivity index (χ0v) is 14.4. The van der Waals surface area contributed by atoms with Gasteiger partial charge in [-0.15, -0.1) is 0 Å². The van der Waals surface area contributed by atoms with Crippen molar-refractivity contribution in [2.75, 3.05) is 11.4 Å². The minimum Gasteiger partial charge on any atom is -0.338 e. The number of anilines is 1. The lowest BCUT2D eigenvalue weighted by Crippen LogP contribution is -2.35. The SMILES string of the molecule is Cc1nc(N(CC(C)C)C2CC2)ncc1CNC(C)(C)C. The molecule has 0 spiro atoms. The maximum absolute atomic E-state index is 4.76. The quantitative estimate of drug-likeness (QED) is 0.873. The summed E-state index contributed by atoms with van der Waals surface area (Å²) in [5, 5.41) is 3.50. The van der Waals surface area contributed by atoms with E-state index >= 15 is 0 Å². The number of hydrogen-bond donors (Lipinski definition) is 1. The van der Waals surface area contributed by atoms with Crippen LogP contribution < -0.4 is 10.2 Å². The van der Waals surface area contributed by atoms with E-state index in [1.54, 1.807) is 0 Å². The smallest absolute Gasteiger partial charge is 0.225 e. The van der Waals surface area contributed by atoms with Gasteiger partial charge in [0.2, 0.25) is 5.95 Å². The van der Waals surface area contributed by atoms with E-state index in [1.807, 2.05) is 6.20 Å². The molecule has 21 heavy (non-hydrogen) atoms. The predicted molar refractivity (Wildman–Crippen MR) is 88.6 cm³/mol. The van der Waals surface area contributed by atoms with Gasteiger partial charge in [-0.2, -0.15) is 0 Å². The zero-order valence-electron chi connectivity index (χ0n) is 14.4. The van der Waals surface area contributed by atoms with E-state index in [-0.39, 0.29) is 5.54 Å². The summed E-state index contributed by atoms with van der Waals surface area (Å²) in [5.74, 6) is 1.54. The normalized spacial score (nSPS) is 15.6. The highest BCUT2D eigenvalue weighted by atomic mass is 15.3. The van der Waals surface area contributed by atoms with Crippen LogP contribution in [0.25, 0.3) is 0 Å². The lowest BCUT2D eigenvalue weighted by molar-refractivity contribution is 0.423. The van der Waals surface area contributed by atoms with Crippen LogP contribution in [0.2, 0.25) is 0 Å². The van der Waals surface area contributed by atoms with E-state index in [4.69, 9.17) is 4.98 Å². The van der Waals surface area contributed by atoms with Gasteiger partial charge in [0.25, 0.3) is 0 Å². The average Bonchev–Trinajstić information content (AvgIpc) is 3.17. The van der Waals surface area contributed by atoms with Gasteiger partial charge >= 0.3 is 0 Å². The van der Waals surface area contributed by atoms with E-state index < -0.39 is 0 Å². The van der Waals surface area contributed by atoms with E-state index in [9.17, 15) is 0 Å². The third-order valence-electron chi connectivity index (χ3n) is 3.68. The minimum atomic E-state index is 0.114. The van der Waals surface area contributed by atoms with Crippen molar-refractivity contribution in [1.82, 2.24) is 15.3 Å². The topological polar surface area (TPSA) is 41.1 Å².